The van der Waals surface area contributed by atoms with Gasteiger partial charge >= 0.3 is 0 Å². The minimum Gasteiger partial charge on any atom is -0.380 e. The quantitative estimate of drug-likeness (QED) is 0.882. The van der Waals surface area contributed by atoms with E-state index in [4.69, 9.17) is 0 Å². The molecular formula is C14H23BrN4O. The number of rotatable bonds is 4. The van der Waals surface area contributed by atoms with Crippen molar-refractivity contribution in [3.8, 4) is 0 Å². The third kappa shape index (κ3) is 3.41. The summed E-state index contributed by atoms with van der Waals surface area (Å²) in [4.78, 5) is 12.2. The van der Waals surface area contributed by atoms with E-state index < -0.39 is 0 Å². The van der Waals surface area contributed by atoms with E-state index in [-0.39, 0.29) is 11.6 Å². The Labute approximate surface area is 128 Å². The highest BCUT2D eigenvalue weighted by atomic mass is 79.9. The zero-order valence-corrected chi connectivity index (χ0v) is 13.9. The van der Waals surface area contributed by atoms with Gasteiger partial charge in [-0.2, -0.15) is 5.10 Å². The summed E-state index contributed by atoms with van der Waals surface area (Å²) >= 11 is 3.40. The summed E-state index contributed by atoms with van der Waals surface area (Å²) in [7, 11) is 2.02. The molecule has 1 aliphatic carbocycles. The Kier molecular flexibility index (Phi) is 5.21. The van der Waals surface area contributed by atoms with Crippen molar-refractivity contribution in [2.24, 2.45) is 0 Å². The van der Waals surface area contributed by atoms with E-state index in [0.717, 1.165) is 18.5 Å². The van der Waals surface area contributed by atoms with E-state index >= 15 is 0 Å². The van der Waals surface area contributed by atoms with E-state index in [1.54, 1.807) is 6.20 Å². The lowest BCUT2D eigenvalue weighted by atomic mass is 9.91. The molecule has 1 aromatic rings. The Hall–Kier alpha value is -0.880. The zero-order chi connectivity index (χ0) is 14.7. The van der Waals surface area contributed by atoms with Crippen molar-refractivity contribution in [2.75, 3.05) is 12.4 Å². The minimum absolute atomic E-state index is 0.0684. The van der Waals surface area contributed by atoms with Crippen LogP contribution in [0.15, 0.2) is 15.5 Å². The van der Waals surface area contributed by atoms with Gasteiger partial charge in [0.2, 0.25) is 0 Å². The van der Waals surface area contributed by atoms with E-state index in [9.17, 15) is 4.79 Å². The molecule has 2 N–H and O–H groups in total. The lowest BCUT2D eigenvalue weighted by Gasteiger charge is -2.29. The molecular weight excluding hydrogens is 320 g/mol. The fourth-order valence-corrected chi connectivity index (χ4v) is 3.06. The Morgan fingerprint density at radius 3 is 2.45 bits per heavy atom. The summed E-state index contributed by atoms with van der Waals surface area (Å²) in [5, 5.41) is 11.0. The predicted octanol–water partition coefficient (Wildman–Crippen LogP) is 2.53. The third-order valence-corrected chi connectivity index (χ3v) is 4.69. The highest BCUT2D eigenvalue weighted by molar-refractivity contribution is 9.10. The second-order valence-corrected chi connectivity index (χ2v) is 6.49. The van der Waals surface area contributed by atoms with Crippen LogP contribution >= 0.6 is 15.9 Å². The molecule has 1 aliphatic rings. The molecule has 20 heavy (non-hydrogen) atoms. The van der Waals surface area contributed by atoms with Crippen LogP contribution in [0.25, 0.3) is 0 Å². The summed E-state index contributed by atoms with van der Waals surface area (Å²) in [5.41, 5.74) is 0.730. The molecule has 0 spiro atoms. The Morgan fingerprint density at radius 2 is 1.90 bits per heavy atom. The van der Waals surface area contributed by atoms with Crippen LogP contribution in [0, 0.1) is 0 Å². The molecule has 5 nitrogen and oxygen atoms in total. The van der Waals surface area contributed by atoms with Gasteiger partial charge < -0.3 is 10.6 Å². The van der Waals surface area contributed by atoms with Gasteiger partial charge in [0, 0.05) is 12.1 Å². The fraction of sp³-hybridized carbons (Fsp3) is 0.714. The van der Waals surface area contributed by atoms with Crippen molar-refractivity contribution in [3.63, 3.8) is 0 Å². The van der Waals surface area contributed by atoms with Crippen molar-refractivity contribution in [2.45, 2.75) is 57.7 Å². The summed E-state index contributed by atoms with van der Waals surface area (Å²) in [6, 6.07) is 1.12. The molecule has 0 amide bonds. The maximum absolute atomic E-state index is 12.2. The number of nitrogens with zero attached hydrogens (tertiary/aromatic N) is 2. The monoisotopic (exact) mass is 342 g/mol. The van der Waals surface area contributed by atoms with E-state index in [1.807, 2.05) is 20.9 Å². The second kappa shape index (κ2) is 6.72. The minimum atomic E-state index is -0.0751. The van der Waals surface area contributed by atoms with Crippen LogP contribution in [0.2, 0.25) is 0 Å². The van der Waals surface area contributed by atoms with Crippen LogP contribution in [0.5, 0.6) is 0 Å². The van der Waals surface area contributed by atoms with Gasteiger partial charge in [-0.15, -0.1) is 0 Å². The topological polar surface area (TPSA) is 59.0 Å². The largest absolute Gasteiger partial charge is 0.380 e. The molecule has 112 valence electrons. The number of hydrogen-bond donors (Lipinski definition) is 2. The van der Waals surface area contributed by atoms with E-state index in [2.05, 4.69) is 31.7 Å². The van der Waals surface area contributed by atoms with Crippen LogP contribution in [0.3, 0.4) is 0 Å². The lowest BCUT2D eigenvalue weighted by molar-refractivity contribution is 0.371. The zero-order valence-electron chi connectivity index (χ0n) is 12.3. The maximum atomic E-state index is 12.2. The molecule has 0 aliphatic heterocycles. The summed E-state index contributed by atoms with van der Waals surface area (Å²) in [6.45, 7) is 3.90. The summed E-state index contributed by atoms with van der Waals surface area (Å²) < 4.78 is 2.07. The standard InChI is InChI=1S/C14H23BrN4O/c1-9(2)19-14(20)13(15)12(8-17-19)18-11-6-4-10(16-3)5-7-11/h8-11,16,18H,4-7H2,1-3H3. The van der Waals surface area contributed by atoms with Crippen molar-refractivity contribution >= 4 is 21.6 Å². The normalized spacial score (nSPS) is 23.1. The van der Waals surface area contributed by atoms with Gasteiger partial charge in [0.1, 0.15) is 4.47 Å². The van der Waals surface area contributed by atoms with Crippen molar-refractivity contribution in [1.29, 1.82) is 0 Å². The molecule has 1 fully saturated rings. The number of halogens is 1. The first-order valence-corrected chi connectivity index (χ1v) is 8.03. The lowest BCUT2D eigenvalue weighted by Crippen LogP contribution is -2.35. The molecule has 0 bridgehead atoms. The number of nitrogens with one attached hydrogen (secondary N) is 2. The summed E-state index contributed by atoms with van der Waals surface area (Å²) in [5.74, 6) is 0. The van der Waals surface area contributed by atoms with Crippen LogP contribution < -0.4 is 16.2 Å². The molecule has 2 rings (SSSR count). The first-order chi connectivity index (χ1) is 9.52. The van der Waals surface area contributed by atoms with Gasteiger partial charge in [-0.05, 0) is 62.5 Å². The Morgan fingerprint density at radius 1 is 1.30 bits per heavy atom. The number of aromatic nitrogens is 2. The number of anilines is 1. The highest BCUT2D eigenvalue weighted by Gasteiger charge is 2.21. The van der Waals surface area contributed by atoms with Crippen molar-refractivity contribution in [1.82, 2.24) is 15.1 Å². The van der Waals surface area contributed by atoms with Crippen molar-refractivity contribution in [3.05, 3.63) is 21.0 Å². The Balaban J connectivity index is 2.07. The predicted molar refractivity (Wildman–Crippen MR) is 85.3 cm³/mol. The first-order valence-electron chi connectivity index (χ1n) is 7.24. The molecule has 1 aromatic heterocycles. The van der Waals surface area contributed by atoms with Crippen LogP contribution in [-0.2, 0) is 0 Å². The van der Waals surface area contributed by atoms with Crippen LogP contribution in [0.1, 0.15) is 45.6 Å². The van der Waals surface area contributed by atoms with Gasteiger partial charge in [0.15, 0.2) is 0 Å². The Bertz CT molecular complexity index is 506. The van der Waals surface area contributed by atoms with E-state index in [1.165, 1.54) is 17.5 Å². The van der Waals surface area contributed by atoms with E-state index in [0.29, 0.717) is 16.6 Å². The molecule has 0 atom stereocenters. The average molecular weight is 343 g/mol. The average Bonchev–Trinajstić information content (AvgIpc) is 2.44. The summed E-state index contributed by atoms with van der Waals surface area (Å²) in [6.07, 6.45) is 6.32. The molecule has 0 saturated heterocycles. The van der Waals surface area contributed by atoms with Gasteiger partial charge in [0.05, 0.1) is 17.9 Å². The molecule has 1 heterocycles. The molecule has 0 aromatic carbocycles. The van der Waals surface area contributed by atoms with Gasteiger partial charge in [-0.3, -0.25) is 4.79 Å². The molecule has 1 saturated carbocycles. The van der Waals surface area contributed by atoms with Crippen LogP contribution in [0.4, 0.5) is 5.69 Å². The van der Waals surface area contributed by atoms with Crippen molar-refractivity contribution < 1.29 is 0 Å². The smallest absolute Gasteiger partial charge is 0.283 e. The highest BCUT2D eigenvalue weighted by Crippen LogP contribution is 2.24. The van der Waals surface area contributed by atoms with Gasteiger partial charge in [-0.25, -0.2) is 4.68 Å². The fourth-order valence-electron chi connectivity index (χ4n) is 2.66. The van der Waals surface area contributed by atoms with Gasteiger partial charge in [0.25, 0.3) is 5.56 Å². The molecule has 0 unspecified atom stereocenters. The molecule has 6 heteroatoms. The van der Waals surface area contributed by atoms with Gasteiger partial charge in [-0.1, -0.05) is 0 Å². The number of hydrogen-bond acceptors (Lipinski definition) is 4. The second-order valence-electron chi connectivity index (χ2n) is 5.70. The van der Waals surface area contributed by atoms with Crippen LogP contribution in [-0.4, -0.2) is 28.9 Å². The first kappa shape index (κ1) is 15.5. The molecule has 0 radical (unpaired) electrons. The SMILES string of the molecule is CNC1CCC(Nc2cnn(C(C)C)c(=O)c2Br)CC1. The third-order valence-electron chi connectivity index (χ3n) is 3.93. The maximum Gasteiger partial charge on any atom is 0.283 e.